The van der Waals surface area contributed by atoms with Crippen LogP contribution in [-0.2, 0) is 0 Å². The molecule has 3 heterocycles. The fourth-order valence-electron chi connectivity index (χ4n) is 1.63. The van der Waals surface area contributed by atoms with E-state index in [1.807, 2.05) is 34.9 Å². The molecule has 0 atom stereocenters. The zero-order chi connectivity index (χ0) is 11.1. The van der Waals surface area contributed by atoms with Gasteiger partial charge in [-0.3, -0.25) is 4.40 Å². The summed E-state index contributed by atoms with van der Waals surface area (Å²) in [6.45, 7) is 0. The van der Waals surface area contributed by atoms with E-state index in [1.54, 1.807) is 6.26 Å². The number of rotatable bonds is 1. The second-order valence-electron chi connectivity index (χ2n) is 3.40. The lowest BCUT2D eigenvalue weighted by atomic mass is 10.3. The quantitative estimate of drug-likeness (QED) is 0.744. The number of halogens is 1. The van der Waals surface area contributed by atoms with Crippen molar-refractivity contribution in [2.75, 3.05) is 5.73 Å². The molecule has 0 radical (unpaired) electrons. The van der Waals surface area contributed by atoms with Gasteiger partial charge in [0.05, 0.1) is 6.26 Å². The van der Waals surface area contributed by atoms with Crippen LogP contribution < -0.4 is 5.73 Å². The van der Waals surface area contributed by atoms with Crippen molar-refractivity contribution < 1.29 is 4.42 Å². The summed E-state index contributed by atoms with van der Waals surface area (Å²) in [6, 6.07) is 7.47. The van der Waals surface area contributed by atoms with Gasteiger partial charge >= 0.3 is 0 Å². The molecule has 0 aromatic carbocycles. The normalized spacial score (nSPS) is 11.1. The van der Waals surface area contributed by atoms with Gasteiger partial charge in [-0.25, -0.2) is 4.98 Å². The van der Waals surface area contributed by atoms with Crippen LogP contribution in [-0.4, -0.2) is 9.38 Å². The number of nitrogens with zero attached hydrogens (tertiary/aromatic N) is 2. The van der Waals surface area contributed by atoms with Gasteiger partial charge in [0.25, 0.3) is 0 Å². The summed E-state index contributed by atoms with van der Waals surface area (Å²) in [5, 5.41) is 0. The molecule has 0 bridgehead atoms. The monoisotopic (exact) mass is 277 g/mol. The highest BCUT2D eigenvalue weighted by molar-refractivity contribution is 9.10. The third kappa shape index (κ3) is 1.32. The number of furan rings is 1. The fraction of sp³-hybridized carbons (Fsp3) is 0. The van der Waals surface area contributed by atoms with Crippen LogP contribution >= 0.6 is 15.9 Å². The summed E-state index contributed by atoms with van der Waals surface area (Å²) in [5.74, 6) is 1.26. The van der Waals surface area contributed by atoms with E-state index in [1.165, 1.54) is 0 Å². The lowest BCUT2D eigenvalue weighted by molar-refractivity contribution is 0.581. The smallest absolute Gasteiger partial charge is 0.156 e. The SMILES string of the molecule is Nc1c(-c2ccco2)nc2cc(Br)ccn12. The fourth-order valence-corrected chi connectivity index (χ4v) is 1.96. The average molecular weight is 278 g/mol. The molecule has 4 nitrogen and oxygen atoms in total. The first-order valence-electron chi connectivity index (χ1n) is 4.72. The number of aromatic nitrogens is 2. The molecule has 0 unspecified atom stereocenters. The summed E-state index contributed by atoms with van der Waals surface area (Å²) in [4.78, 5) is 4.43. The molecule has 0 fully saturated rings. The Morgan fingerprint density at radius 1 is 1.38 bits per heavy atom. The first-order valence-corrected chi connectivity index (χ1v) is 5.52. The van der Waals surface area contributed by atoms with Crippen molar-refractivity contribution in [3.63, 3.8) is 0 Å². The van der Waals surface area contributed by atoms with Gasteiger partial charge in [-0.15, -0.1) is 0 Å². The van der Waals surface area contributed by atoms with Crippen LogP contribution in [0.2, 0.25) is 0 Å². The third-order valence-electron chi connectivity index (χ3n) is 2.38. The van der Waals surface area contributed by atoms with Crippen LogP contribution in [0.5, 0.6) is 0 Å². The Balaban J connectivity index is 2.31. The molecule has 5 heteroatoms. The molecular formula is C11H8BrN3O. The number of nitrogens with two attached hydrogens (primary N) is 1. The van der Waals surface area contributed by atoms with Crippen molar-refractivity contribution in [2.24, 2.45) is 0 Å². The van der Waals surface area contributed by atoms with Crippen molar-refractivity contribution >= 4 is 27.4 Å². The Bertz CT molecular complexity index is 643. The average Bonchev–Trinajstić information content (AvgIpc) is 2.86. The van der Waals surface area contributed by atoms with Crippen LogP contribution in [0.4, 0.5) is 5.82 Å². The molecule has 0 aliphatic heterocycles. The molecule has 3 rings (SSSR count). The van der Waals surface area contributed by atoms with Crippen LogP contribution in [0.1, 0.15) is 0 Å². The lowest BCUT2D eigenvalue weighted by Gasteiger charge is -1.96. The van der Waals surface area contributed by atoms with Gasteiger partial charge in [-0.1, -0.05) is 15.9 Å². The second kappa shape index (κ2) is 3.38. The number of hydrogen-bond acceptors (Lipinski definition) is 3. The Labute approximate surface area is 99.8 Å². The maximum atomic E-state index is 6.01. The number of anilines is 1. The molecule has 3 aromatic rings. The number of nitrogen functional groups attached to an aromatic ring is 1. The Morgan fingerprint density at radius 3 is 3.00 bits per heavy atom. The highest BCUT2D eigenvalue weighted by Gasteiger charge is 2.13. The van der Waals surface area contributed by atoms with Crippen LogP contribution in [0, 0.1) is 0 Å². The van der Waals surface area contributed by atoms with Crippen LogP contribution in [0.15, 0.2) is 45.6 Å². The molecular weight excluding hydrogens is 270 g/mol. The number of fused-ring (bicyclic) bond motifs is 1. The first-order chi connectivity index (χ1) is 7.75. The number of hydrogen-bond donors (Lipinski definition) is 1. The summed E-state index contributed by atoms with van der Waals surface area (Å²) in [7, 11) is 0. The van der Waals surface area contributed by atoms with E-state index in [2.05, 4.69) is 20.9 Å². The molecule has 3 aromatic heterocycles. The molecule has 0 amide bonds. The standard InChI is InChI=1S/C11H8BrN3O/c12-7-3-4-15-9(6-7)14-10(11(15)13)8-2-1-5-16-8/h1-6H,13H2. The number of pyridine rings is 1. The zero-order valence-electron chi connectivity index (χ0n) is 8.22. The minimum Gasteiger partial charge on any atom is -0.463 e. The van der Waals surface area contributed by atoms with E-state index in [9.17, 15) is 0 Å². The molecule has 0 aliphatic carbocycles. The Morgan fingerprint density at radius 2 is 2.25 bits per heavy atom. The van der Waals surface area contributed by atoms with Crippen LogP contribution in [0.25, 0.3) is 17.1 Å². The van der Waals surface area contributed by atoms with Gasteiger partial charge < -0.3 is 10.2 Å². The Hall–Kier alpha value is -1.75. The molecule has 0 aliphatic rings. The van der Waals surface area contributed by atoms with Gasteiger partial charge in [0.15, 0.2) is 5.76 Å². The summed E-state index contributed by atoms with van der Waals surface area (Å²) in [6.07, 6.45) is 3.48. The zero-order valence-corrected chi connectivity index (χ0v) is 9.81. The second-order valence-corrected chi connectivity index (χ2v) is 4.31. The topological polar surface area (TPSA) is 56.5 Å². The maximum Gasteiger partial charge on any atom is 0.156 e. The number of imidazole rings is 1. The van der Waals surface area contributed by atoms with Crippen molar-refractivity contribution in [3.8, 4) is 11.5 Å². The highest BCUT2D eigenvalue weighted by Crippen LogP contribution is 2.27. The van der Waals surface area contributed by atoms with Crippen molar-refractivity contribution in [2.45, 2.75) is 0 Å². The third-order valence-corrected chi connectivity index (χ3v) is 2.87. The lowest BCUT2D eigenvalue weighted by Crippen LogP contribution is -1.93. The summed E-state index contributed by atoms with van der Waals surface area (Å²) in [5.41, 5.74) is 7.47. The summed E-state index contributed by atoms with van der Waals surface area (Å²) < 4.78 is 8.08. The van der Waals surface area contributed by atoms with Gasteiger partial charge in [0, 0.05) is 10.7 Å². The van der Waals surface area contributed by atoms with Gasteiger partial charge in [0.2, 0.25) is 0 Å². The molecule has 0 saturated heterocycles. The van der Waals surface area contributed by atoms with Gasteiger partial charge in [-0.05, 0) is 24.3 Å². The van der Waals surface area contributed by atoms with Gasteiger partial charge in [0.1, 0.15) is 17.2 Å². The minimum absolute atomic E-state index is 0.581. The minimum atomic E-state index is 0.581. The van der Waals surface area contributed by atoms with E-state index in [0.717, 1.165) is 10.1 Å². The Kier molecular flexibility index (Phi) is 2.00. The van der Waals surface area contributed by atoms with Crippen molar-refractivity contribution in [1.82, 2.24) is 9.38 Å². The van der Waals surface area contributed by atoms with Crippen LogP contribution in [0.3, 0.4) is 0 Å². The highest BCUT2D eigenvalue weighted by atomic mass is 79.9. The van der Waals surface area contributed by atoms with E-state index in [0.29, 0.717) is 17.3 Å². The predicted molar refractivity (Wildman–Crippen MR) is 65.0 cm³/mol. The maximum absolute atomic E-state index is 6.01. The molecule has 0 saturated carbocycles. The largest absolute Gasteiger partial charge is 0.463 e. The van der Waals surface area contributed by atoms with Gasteiger partial charge in [-0.2, -0.15) is 0 Å². The summed E-state index contributed by atoms with van der Waals surface area (Å²) >= 11 is 3.40. The van der Waals surface area contributed by atoms with Crippen molar-refractivity contribution in [1.29, 1.82) is 0 Å². The van der Waals surface area contributed by atoms with E-state index in [4.69, 9.17) is 10.2 Å². The molecule has 80 valence electrons. The van der Waals surface area contributed by atoms with E-state index < -0.39 is 0 Å². The predicted octanol–water partition coefficient (Wildman–Crippen LogP) is 2.94. The van der Waals surface area contributed by atoms with Crippen molar-refractivity contribution in [3.05, 3.63) is 41.2 Å². The van der Waals surface area contributed by atoms with E-state index >= 15 is 0 Å². The molecule has 2 N–H and O–H groups in total. The molecule has 16 heavy (non-hydrogen) atoms. The van der Waals surface area contributed by atoms with E-state index in [-0.39, 0.29) is 0 Å². The first kappa shape index (κ1) is 9.47. The molecule has 0 spiro atoms.